The summed E-state index contributed by atoms with van der Waals surface area (Å²) in [6.45, 7) is 5.30. The molecular weight excluding hydrogens is 232 g/mol. The number of carbonyl (C=O) groups is 2. The Morgan fingerprint density at radius 1 is 1.28 bits per heavy atom. The van der Waals surface area contributed by atoms with Crippen LogP contribution in [0.2, 0.25) is 0 Å². The highest BCUT2D eigenvalue weighted by atomic mass is 16.5. The highest BCUT2D eigenvalue weighted by molar-refractivity contribution is 5.95. The molecule has 0 aromatic heterocycles. The van der Waals surface area contributed by atoms with Gasteiger partial charge >= 0.3 is 11.9 Å². The highest BCUT2D eigenvalue weighted by Gasteiger charge is 2.43. The number of carboxylic acid groups (broad SMARTS) is 1. The van der Waals surface area contributed by atoms with Crippen molar-refractivity contribution in [2.45, 2.75) is 26.2 Å². The fourth-order valence-electron chi connectivity index (χ4n) is 1.96. The monoisotopic (exact) mass is 250 g/mol. The van der Waals surface area contributed by atoms with E-state index in [9.17, 15) is 14.7 Å². The Morgan fingerprint density at radius 2 is 1.83 bits per heavy atom. The van der Waals surface area contributed by atoms with Crippen LogP contribution < -0.4 is 0 Å². The fraction of sp³-hybridized carbons (Fsp3) is 0.429. The Hall–Kier alpha value is -1.84. The highest BCUT2D eigenvalue weighted by Crippen LogP contribution is 2.32. The van der Waals surface area contributed by atoms with Gasteiger partial charge < -0.3 is 9.84 Å². The maximum atomic E-state index is 11.8. The number of aliphatic carboxylic acids is 1. The second kappa shape index (κ2) is 5.67. The maximum Gasteiger partial charge on any atom is 0.321 e. The van der Waals surface area contributed by atoms with Gasteiger partial charge in [-0.1, -0.05) is 44.2 Å². The molecule has 0 unspecified atom stereocenters. The summed E-state index contributed by atoms with van der Waals surface area (Å²) in [5, 5.41) is 9.27. The molecular formula is C14H18O4. The van der Waals surface area contributed by atoms with Gasteiger partial charge in [0.2, 0.25) is 0 Å². The standard InChI is InChI=1S/C14H18O4/c1-4-18-13(17)11(12(15)16)14(2,3)10-8-6-5-7-9-10/h5-9,11H,4H2,1-3H3,(H,15,16)/t11-/m1/s1. The normalized spacial score (nSPS) is 12.8. The lowest BCUT2D eigenvalue weighted by Gasteiger charge is -2.30. The molecule has 0 radical (unpaired) electrons. The Bertz CT molecular complexity index is 423. The molecule has 1 rings (SSSR count). The number of rotatable bonds is 5. The van der Waals surface area contributed by atoms with Gasteiger partial charge in [-0.25, -0.2) is 0 Å². The van der Waals surface area contributed by atoms with Crippen molar-refractivity contribution < 1.29 is 19.4 Å². The Balaban J connectivity index is 3.12. The first-order valence-electron chi connectivity index (χ1n) is 5.86. The summed E-state index contributed by atoms with van der Waals surface area (Å²) in [6.07, 6.45) is 0. The number of esters is 1. The second-order valence-electron chi connectivity index (χ2n) is 4.61. The maximum absolute atomic E-state index is 11.8. The summed E-state index contributed by atoms with van der Waals surface area (Å²) in [6, 6.07) is 9.12. The third-order valence-electron chi connectivity index (χ3n) is 3.01. The van der Waals surface area contributed by atoms with Crippen LogP contribution in [0.25, 0.3) is 0 Å². The molecule has 0 spiro atoms. The molecule has 0 aliphatic heterocycles. The van der Waals surface area contributed by atoms with Crippen molar-refractivity contribution in [3.63, 3.8) is 0 Å². The molecule has 0 bridgehead atoms. The number of ether oxygens (including phenoxy) is 1. The van der Waals surface area contributed by atoms with Gasteiger partial charge in [0, 0.05) is 5.41 Å². The van der Waals surface area contributed by atoms with Gasteiger partial charge in [-0.2, -0.15) is 0 Å². The van der Waals surface area contributed by atoms with Crippen molar-refractivity contribution in [3.05, 3.63) is 35.9 Å². The van der Waals surface area contributed by atoms with Crippen molar-refractivity contribution in [3.8, 4) is 0 Å². The van der Waals surface area contributed by atoms with Crippen molar-refractivity contribution in [1.82, 2.24) is 0 Å². The van der Waals surface area contributed by atoms with E-state index in [0.717, 1.165) is 5.56 Å². The molecule has 98 valence electrons. The van der Waals surface area contributed by atoms with Crippen LogP contribution in [0.4, 0.5) is 0 Å². The number of benzene rings is 1. The third kappa shape index (κ3) is 2.88. The molecule has 0 amide bonds. The van der Waals surface area contributed by atoms with Gasteiger partial charge in [0.25, 0.3) is 0 Å². The average Bonchev–Trinajstić information content (AvgIpc) is 2.29. The fourth-order valence-corrected chi connectivity index (χ4v) is 1.96. The van der Waals surface area contributed by atoms with E-state index in [0.29, 0.717) is 0 Å². The summed E-state index contributed by atoms with van der Waals surface area (Å²) in [4.78, 5) is 23.1. The molecule has 0 saturated heterocycles. The predicted molar refractivity (Wildman–Crippen MR) is 67.2 cm³/mol. The zero-order valence-electron chi connectivity index (χ0n) is 10.8. The predicted octanol–water partition coefficient (Wildman–Crippen LogP) is 2.23. The average molecular weight is 250 g/mol. The minimum Gasteiger partial charge on any atom is -0.481 e. The lowest BCUT2D eigenvalue weighted by molar-refractivity contribution is -0.161. The Labute approximate surface area is 107 Å². The zero-order chi connectivity index (χ0) is 13.8. The molecule has 1 atom stereocenters. The summed E-state index contributed by atoms with van der Waals surface area (Å²) < 4.78 is 4.85. The smallest absolute Gasteiger partial charge is 0.321 e. The third-order valence-corrected chi connectivity index (χ3v) is 3.01. The lowest BCUT2D eigenvalue weighted by atomic mass is 9.73. The molecule has 1 aromatic carbocycles. The zero-order valence-corrected chi connectivity index (χ0v) is 10.8. The number of carbonyl (C=O) groups excluding carboxylic acids is 1. The first-order chi connectivity index (χ1) is 8.41. The van der Waals surface area contributed by atoms with Crippen LogP contribution >= 0.6 is 0 Å². The van der Waals surface area contributed by atoms with Gasteiger partial charge in [0.05, 0.1) is 6.61 Å². The molecule has 1 N–H and O–H groups in total. The number of hydrogen-bond donors (Lipinski definition) is 1. The second-order valence-corrected chi connectivity index (χ2v) is 4.61. The van der Waals surface area contributed by atoms with E-state index in [1.54, 1.807) is 20.8 Å². The number of hydrogen-bond acceptors (Lipinski definition) is 3. The van der Waals surface area contributed by atoms with E-state index in [2.05, 4.69) is 0 Å². The van der Waals surface area contributed by atoms with Gasteiger partial charge in [-0.3, -0.25) is 9.59 Å². The van der Waals surface area contributed by atoms with Crippen molar-refractivity contribution in [1.29, 1.82) is 0 Å². The minimum absolute atomic E-state index is 0.174. The number of carboxylic acids is 1. The topological polar surface area (TPSA) is 63.6 Å². The first kappa shape index (κ1) is 14.2. The molecule has 4 nitrogen and oxygen atoms in total. The Kier molecular flexibility index (Phi) is 4.48. The van der Waals surface area contributed by atoms with Gasteiger partial charge in [-0.15, -0.1) is 0 Å². The largest absolute Gasteiger partial charge is 0.481 e. The lowest BCUT2D eigenvalue weighted by Crippen LogP contribution is -2.41. The van der Waals surface area contributed by atoms with Crippen LogP contribution in [0.15, 0.2) is 30.3 Å². The molecule has 0 heterocycles. The summed E-state index contributed by atoms with van der Waals surface area (Å²) >= 11 is 0. The van der Waals surface area contributed by atoms with Gasteiger partial charge in [0.15, 0.2) is 5.92 Å². The van der Waals surface area contributed by atoms with Crippen LogP contribution in [0.1, 0.15) is 26.3 Å². The van der Waals surface area contributed by atoms with E-state index in [-0.39, 0.29) is 6.61 Å². The molecule has 0 fully saturated rings. The molecule has 18 heavy (non-hydrogen) atoms. The molecule has 0 aliphatic rings. The first-order valence-corrected chi connectivity index (χ1v) is 5.86. The van der Waals surface area contributed by atoms with E-state index in [4.69, 9.17) is 4.74 Å². The molecule has 4 heteroatoms. The van der Waals surface area contributed by atoms with Crippen LogP contribution in [0, 0.1) is 5.92 Å². The molecule has 0 saturated carbocycles. The van der Waals surface area contributed by atoms with Crippen molar-refractivity contribution in [2.75, 3.05) is 6.61 Å². The summed E-state index contributed by atoms with van der Waals surface area (Å²) in [5.74, 6) is -3.07. The minimum atomic E-state index is -1.21. The summed E-state index contributed by atoms with van der Waals surface area (Å²) in [7, 11) is 0. The molecule has 0 aliphatic carbocycles. The Morgan fingerprint density at radius 3 is 2.28 bits per heavy atom. The van der Waals surface area contributed by atoms with Crippen LogP contribution in [-0.2, 0) is 19.7 Å². The van der Waals surface area contributed by atoms with Crippen LogP contribution in [-0.4, -0.2) is 23.7 Å². The van der Waals surface area contributed by atoms with Crippen LogP contribution in [0.5, 0.6) is 0 Å². The van der Waals surface area contributed by atoms with E-state index in [1.807, 2.05) is 30.3 Å². The van der Waals surface area contributed by atoms with Crippen LogP contribution in [0.3, 0.4) is 0 Å². The van der Waals surface area contributed by atoms with Crippen molar-refractivity contribution >= 4 is 11.9 Å². The van der Waals surface area contributed by atoms with E-state index in [1.165, 1.54) is 0 Å². The van der Waals surface area contributed by atoms with Gasteiger partial charge in [0.1, 0.15) is 0 Å². The SMILES string of the molecule is CCOC(=O)[C@@H](C(=O)O)C(C)(C)c1ccccc1. The summed E-state index contributed by atoms with van der Waals surface area (Å²) in [5.41, 5.74) is -0.0234. The quantitative estimate of drug-likeness (QED) is 0.643. The van der Waals surface area contributed by atoms with E-state index >= 15 is 0 Å². The molecule has 1 aromatic rings. The van der Waals surface area contributed by atoms with Crippen molar-refractivity contribution in [2.24, 2.45) is 5.92 Å². The van der Waals surface area contributed by atoms with E-state index < -0.39 is 23.3 Å². The van der Waals surface area contributed by atoms with Gasteiger partial charge in [-0.05, 0) is 12.5 Å².